The third-order valence-electron chi connectivity index (χ3n) is 2.41. The van der Waals surface area contributed by atoms with Gasteiger partial charge >= 0.3 is 0 Å². The summed E-state index contributed by atoms with van der Waals surface area (Å²) >= 11 is 0. The van der Waals surface area contributed by atoms with Gasteiger partial charge in [0.1, 0.15) is 5.52 Å². The second-order valence-electron chi connectivity index (χ2n) is 3.57. The molecule has 1 aromatic carbocycles. The van der Waals surface area contributed by atoms with Crippen LogP contribution in [0.4, 0.5) is 0 Å². The topological polar surface area (TPSA) is 68.0 Å². The highest BCUT2D eigenvalue weighted by atomic mass is 16.2. The standard InChI is InChI=1S/C11H13N3O2/c15-8-4-3-7-14-11(16)9-5-1-2-6-10(9)12-13-14/h1-2,5-6,15H,3-4,7-8H2. The lowest BCUT2D eigenvalue weighted by molar-refractivity contribution is 0.279. The van der Waals surface area contributed by atoms with Gasteiger partial charge in [-0.25, -0.2) is 4.68 Å². The van der Waals surface area contributed by atoms with Gasteiger partial charge in [0.25, 0.3) is 5.56 Å². The molecule has 0 atom stereocenters. The molecule has 84 valence electrons. The zero-order valence-corrected chi connectivity index (χ0v) is 8.83. The molecule has 0 bridgehead atoms. The molecule has 0 unspecified atom stereocenters. The Balaban J connectivity index is 2.33. The van der Waals surface area contributed by atoms with Gasteiger partial charge < -0.3 is 5.11 Å². The normalized spacial score (nSPS) is 10.8. The third-order valence-corrected chi connectivity index (χ3v) is 2.41. The second-order valence-corrected chi connectivity index (χ2v) is 3.57. The monoisotopic (exact) mass is 219 g/mol. The molecular formula is C11H13N3O2. The third kappa shape index (κ3) is 2.09. The van der Waals surface area contributed by atoms with Crippen LogP contribution in [0.5, 0.6) is 0 Å². The van der Waals surface area contributed by atoms with Crippen LogP contribution in [-0.2, 0) is 6.54 Å². The number of rotatable bonds is 4. The predicted molar refractivity (Wildman–Crippen MR) is 60.1 cm³/mol. The van der Waals surface area contributed by atoms with Gasteiger partial charge in [-0.3, -0.25) is 4.79 Å². The summed E-state index contributed by atoms with van der Waals surface area (Å²) in [6.45, 7) is 0.632. The predicted octanol–water partition coefficient (Wildman–Crippen LogP) is 0.564. The molecule has 2 rings (SSSR count). The maximum atomic E-state index is 11.9. The number of nitrogens with zero attached hydrogens (tertiary/aromatic N) is 3. The number of aryl methyl sites for hydroxylation is 1. The van der Waals surface area contributed by atoms with Crippen molar-refractivity contribution in [1.29, 1.82) is 0 Å². The highest BCUT2D eigenvalue weighted by Crippen LogP contribution is 2.03. The molecule has 1 heterocycles. The number of benzene rings is 1. The SMILES string of the molecule is O=c1c2ccccc2nnn1CCCCO. The number of fused-ring (bicyclic) bond motifs is 1. The van der Waals surface area contributed by atoms with Gasteiger partial charge in [0.15, 0.2) is 0 Å². The van der Waals surface area contributed by atoms with Gasteiger partial charge in [-0.15, -0.1) is 5.10 Å². The molecule has 5 nitrogen and oxygen atoms in total. The first-order chi connectivity index (χ1) is 7.83. The number of hydrogen-bond donors (Lipinski definition) is 1. The summed E-state index contributed by atoms with van der Waals surface area (Å²) in [6, 6.07) is 7.15. The van der Waals surface area contributed by atoms with E-state index in [0.717, 1.165) is 6.42 Å². The first-order valence-corrected chi connectivity index (χ1v) is 5.26. The fourth-order valence-electron chi connectivity index (χ4n) is 1.54. The van der Waals surface area contributed by atoms with Crippen LogP contribution in [0.1, 0.15) is 12.8 Å². The van der Waals surface area contributed by atoms with Crippen LogP contribution in [0.25, 0.3) is 10.9 Å². The molecule has 1 aromatic heterocycles. The lowest BCUT2D eigenvalue weighted by Crippen LogP contribution is -2.24. The van der Waals surface area contributed by atoms with Crippen LogP contribution >= 0.6 is 0 Å². The number of hydrogen-bond acceptors (Lipinski definition) is 4. The van der Waals surface area contributed by atoms with Crippen LogP contribution in [0, 0.1) is 0 Å². The Morgan fingerprint density at radius 3 is 2.88 bits per heavy atom. The molecule has 1 N–H and O–H groups in total. The first-order valence-electron chi connectivity index (χ1n) is 5.26. The van der Waals surface area contributed by atoms with Gasteiger partial charge in [0.05, 0.1) is 5.39 Å². The molecule has 5 heteroatoms. The van der Waals surface area contributed by atoms with Gasteiger partial charge in [-0.2, -0.15) is 0 Å². The summed E-state index contributed by atoms with van der Waals surface area (Å²) in [7, 11) is 0. The zero-order valence-electron chi connectivity index (χ0n) is 8.83. The molecule has 0 aliphatic rings. The van der Waals surface area contributed by atoms with Crippen molar-refractivity contribution >= 4 is 10.9 Å². The van der Waals surface area contributed by atoms with E-state index in [1.54, 1.807) is 12.1 Å². The van der Waals surface area contributed by atoms with Gasteiger partial charge in [-0.05, 0) is 25.0 Å². The van der Waals surface area contributed by atoms with E-state index in [9.17, 15) is 4.79 Å². The minimum Gasteiger partial charge on any atom is -0.396 e. The summed E-state index contributed by atoms with van der Waals surface area (Å²) in [5, 5.41) is 17.1. The summed E-state index contributed by atoms with van der Waals surface area (Å²) in [6.07, 6.45) is 1.39. The van der Waals surface area contributed by atoms with E-state index in [0.29, 0.717) is 23.9 Å². The average Bonchev–Trinajstić information content (AvgIpc) is 2.33. The average molecular weight is 219 g/mol. The molecule has 2 aromatic rings. The summed E-state index contributed by atoms with van der Waals surface area (Å²) in [5.41, 5.74) is 0.495. The van der Waals surface area contributed by atoms with Crippen molar-refractivity contribution in [3.8, 4) is 0 Å². The first kappa shape index (κ1) is 10.8. The Labute approximate surface area is 92.3 Å². The highest BCUT2D eigenvalue weighted by Gasteiger charge is 2.03. The molecule has 0 spiro atoms. The van der Waals surface area contributed by atoms with Crippen molar-refractivity contribution in [1.82, 2.24) is 15.0 Å². The molecule has 0 saturated heterocycles. The Bertz CT molecular complexity index is 536. The molecule has 0 radical (unpaired) electrons. The minimum absolute atomic E-state index is 0.122. The smallest absolute Gasteiger partial charge is 0.277 e. The van der Waals surface area contributed by atoms with Crippen molar-refractivity contribution in [3.63, 3.8) is 0 Å². The van der Waals surface area contributed by atoms with Crippen LogP contribution in [0.3, 0.4) is 0 Å². The van der Waals surface area contributed by atoms with E-state index in [2.05, 4.69) is 10.3 Å². The van der Waals surface area contributed by atoms with E-state index < -0.39 is 0 Å². The molecule has 0 aliphatic carbocycles. The highest BCUT2D eigenvalue weighted by molar-refractivity contribution is 5.76. The molecule has 0 amide bonds. The largest absolute Gasteiger partial charge is 0.396 e. The maximum absolute atomic E-state index is 11.9. The van der Waals surface area contributed by atoms with Crippen molar-refractivity contribution in [2.75, 3.05) is 6.61 Å². The summed E-state index contributed by atoms with van der Waals surface area (Å²) in [4.78, 5) is 11.9. The zero-order chi connectivity index (χ0) is 11.4. The molecule has 0 saturated carbocycles. The van der Waals surface area contributed by atoms with Crippen LogP contribution in [0.15, 0.2) is 29.1 Å². The Kier molecular flexibility index (Phi) is 3.26. The van der Waals surface area contributed by atoms with Crippen molar-refractivity contribution in [2.45, 2.75) is 19.4 Å². The van der Waals surface area contributed by atoms with E-state index in [1.165, 1.54) is 4.68 Å². The van der Waals surface area contributed by atoms with E-state index in [1.807, 2.05) is 12.1 Å². The van der Waals surface area contributed by atoms with Gasteiger partial charge in [0, 0.05) is 13.2 Å². The Morgan fingerprint density at radius 1 is 1.25 bits per heavy atom. The van der Waals surface area contributed by atoms with Crippen molar-refractivity contribution < 1.29 is 5.11 Å². The second kappa shape index (κ2) is 4.85. The Morgan fingerprint density at radius 2 is 2.06 bits per heavy atom. The molecule has 0 fully saturated rings. The number of aromatic nitrogens is 3. The van der Waals surface area contributed by atoms with Crippen molar-refractivity contribution in [3.05, 3.63) is 34.6 Å². The molecule has 16 heavy (non-hydrogen) atoms. The summed E-state index contributed by atoms with van der Waals surface area (Å²) in [5.74, 6) is 0. The quantitative estimate of drug-likeness (QED) is 0.763. The number of unbranched alkanes of at least 4 members (excludes halogenated alkanes) is 1. The van der Waals surface area contributed by atoms with Gasteiger partial charge in [-0.1, -0.05) is 17.3 Å². The Hall–Kier alpha value is -1.75. The fourth-order valence-corrected chi connectivity index (χ4v) is 1.54. The fraction of sp³-hybridized carbons (Fsp3) is 0.364. The minimum atomic E-state index is -0.122. The molecular weight excluding hydrogens is 206 g/mol. The van der Waals surface area contributed by atoms with E-state index >= 15 is 0 Å². The summed E-state index contributed by atoms with van der Waals surface area (Å²) < 4.78 is 1.35. The van der Waals surface area contributed by atoms with E-state index in [4.69, 9.17) is 5.11 Å². The van der Waals surface area contributed by atoms with Gasteiger partial charge in [0.2, 0.25) is 0 Å². The van der Waals surface area contributed by atoms with Crippen molar-refractivity contribution in [2.24, 2.45) is 0 Å². The molecule has 0 aliphatic heterocycles. The number of aliphatic hydroxyl groups is 1. The lowest BCUT2D eigenvalue weighted by Gasteiger charge is -2.03. The van der Waals surface area contributed by atoms with Crippen LogP contribution in [0.2, 0.25) is 0 Å². The van der Waals surface area contributed by atoms with Crippen LogP contribution in [-0.4, -0.2) is 26.7 Å². The van der Waals surface area contributed by atoms with E-state index in [-0.39, 0.29) is 12.2 Å². The lowest BCUT2D eigenvalue weighted by atomic mass is 10.2. The maximum Gasteiger partial charge on any atom is 0.277 e. The number of aliphatic hydroxyl groups excluding tert-OH is 1. The van der Waals surface area contributed by atoms with Crippen LogP contribution < -0.4 is 5.56 Å².